The van der Waals surface area contributed by atoms with Gasteiger partial charge in [-0.15, -0.1) is 0 Å². The number of ether oxygens (including phenoxy) is 2. The van der Waals surface area contributed by atoms with E-state index in [9.17, 15) is 21.9 Å². The molecule has 0 amide bonds. The third-order valence-corrected chi connectivity index (χ3v) is 11.3. The minimum absolute atomic E-state index is 0.0107. The smallest absolute Gasteiger partial charge is 0.243 e. The third-order valence-electron chi connectivity index (χ3n) is 8.03. The molecule has 11 nitrogen and oxygen atoms in total. The predicted molar refractivity (Wildman–Crippen MR) is 162 cm³/mol. The number of sulfonamides is 2. The van der Waals surface area contributed by atoms with Crippen molar-refractivity contribution < 1.29 is 31.4 Å². The number of nitrogens with zero attached hydrogens (tertiary/aromatic N) is 2. The van der Waals surface area contributed by atoms with Gasteiger partial charge < -0.3 is 19.9 Å². The molecular weight excluding hydrogens is 592 g/mol. The zero-order chi connectivity index (χ0) is 30.7. The number of nitrogens with one attached hydrogen (secondary N) is 2. The molecule has 1 spiro atoms. The molecule has 13 heteroatoms. The van der Waals surface area contributed by atoms with Gasteiger partial charge in [-0.05, 0) is 69.1 Å². The third kappa shape index (κ3) is 7.43. The Morgan fingerprint density at radius 2 is 1.79 bits per heavy atom. The molecule has 0 bridgehead atoms. The van der Waals surface area contributed by atoms with E-state index < -0.39 is 31.8 Å². The van der Waals surface area contributed by atoms with Crippen molar-refractivity contribution in [2.24, 2.45) is 0 Å². The van der Waals surface area contributed by atoms with Crippen molar-refractivity contribution in [2.75, 3.05) is 39.9 Å². The lowest BCUT2D eigenvalue weighted by atomic mass is 9.88. The lowest BCUT2D eigenvalue weighted by molar-refractivity contribution is -0.0312. The number of rotatable bonds is 11. The number of aliphatic hydroxyl groups excluding tert-OH is 1. The summed E-state index contributed by atoms with van der Waals surface area (Å²) >= 11 is 0. The Labute approximate surface area is 253 Å². The normalized spacial score (nSPS) is 19.8. The van der Waals surface area contributed by atoms with E-state index in [1.54, 1.807) is 36.5 Å². The van der Waals surface area contributed by atoms with Crippen LogP contribution in [0.1, 0.15) is 25.0 Å². The number of aliphatic hydroxyl groups is 1. The molecular formula is C30H38N4O7S2. The van der Waals surface area contributed by atoms with E-state index in [1.807, 2.05) is 25.1 Å². The van der Waals surface area contributed by atoms with E-state index in [4.69, 9.17) is 9.47 Å². The van der Waals surface area contributed by atoms with Gasteiger partial charge in [0.1, 0.15) is 18.5 Å². The summed E-state index contributed by atoms with van der Waals surface area (Å²) in [6.45, 7) is 3.37. The topological polar surface area (TPSA) is 147 Å². The maximum Gasteiger partial charge on any atom is 0.243 e. The van der Waals surface area contributed by atoms with Crippen molar-refractivity contribution in [3.05, 3.63) is 72.6 Å². The van der Waals surface area contributed by atoms with Gasteiger partial charge in [0.05, 0.1) is 22.0 Å². The van der Waals surface area contributed by atoms with Gasteiger partial charge in [0, 0.05) is 49.2 Å². The van der Waals surface area contributed by atoms with Crippen LogP contribution in [0.25, 0.3) is 11.1 Å². The van der Waals surface area contributed by atoms with Crippen LogP contribution in [0.4, 0.5) is 0 Å². The van der Waals surface area contributed by atoms with E-state index in [-0.39, 0.29) is 29.0 Å². The average molecular weight is 631 g/mol. The summed E-state index contributed by atoms with van der Waals surface area (Å²) in [5.74, 6) is 0.346. The molecule has 2 saturated heterocycles. The van der Waals surface area contributed by atoms with Crippen LogP contribution in [0.5, 0.6) is 5.75 Å². The highest BCUT2D eigenvalue weighted by atomic mass is 32.2. The van der Waals surface area contributed by atoms with Gasteiger partial charge in [0.2, 0.25) is 20.0 Å². The molecule has 2 atom stereocenters. The van der Waals surface area contributed by atoms with Crippen LogP contribution in [0.15, 0.2) is 76.7 Å². The average Bonchev–Trinajstić information content (AvgIpc) is 3.41. The molecule has 2 aliphatic heterocycles. The summed E-state index contributed by atoms with van der Waals surface area (Å²) in [6, 6.07) is 16.9. The standard InChI is InChI=1S/C30H38N4O7S2/c1-22-9-10-24(18-32-22)23-5-3-8-29(15-23)43(38,39)34-13-11-30(12-14-34)17-25(20-41-30)33-19-26(35)21-40-27-6-4-7-28(16-27)42(36,37)31-2/h3-10,15-16,18,25-26,31,33,35H,11-14,17,19-21H2,1-2H3. The first-order valence-electron chi connectivity index (χ1n) is 14.2. The Hall–Kier alpha value is -2.91. The first-order valence-corrected chi connectivity index (χ1v) is 17.2. The number of hydrogen-bond acceptors (Lipinski definition) is 9. The molecule has 3 N–H and O–H groups in total. The predicted octanol–water partition coefficient (Wildman–Crippen LogP) is 2.31. The summed E-state index contributed by atoms with van der Waals surface area (Å²) in [6.07, 6.45) is 2.82. The first-order chi connectivity index (χ1) is 20.5. The van der Waals surface area contributed by atoms with E-state index >= 15 is 0 Å². The number of aromatic nitrogens is 1. The van der Waals surface area contributed by atoms with Crippen LogP contribution in [-0.2, 0) is 24.8 Å². The zero-order valence-corrected chi connectivity index (χ0v) is 25.9. The number of piperidine rings is 1. The SMILES string of the molecule is CNS(=O)(=O)c1cccc(OCC(O)CNC2COC3(CCN(S(=O)(=O)c4cccc(-c5ccc(C)nc5)c4)CC3)C2)c1. The lowest BCUT2D eigenvalue weighted by Crippen LogP contribution is -2.47. The summed E-state index contributed by atoms with van der Waals surface area (Å²) < 4.78 is 66.6. The Bertz CT molecular complexity index is 1620. The van der Waals surface area contributed by atoms with Crippen LogP contribution in [-0.4, -0.2) is 88.9 Å². The molecule has 3 heterocycles. The maximum atomic E-state index is 13.5. The fourth-order valence-electron chi connectivity index (χ4n) is 5.48. The van der Waals surface area contributed by atoms with Gasteiger partial charge in [-0.2, -0.15) is 4.31 Å². The van der Waals surface area contributed by atoms with Crippen molar-refractivity contribution in [2.45, 2.75) is 53.7 Å². The Balaban J connectivity index is 1.10. The largest absolute Gasteiger partial charge is 0.491 e. The minimum atomic E-state index is -3.67. The highest BCUT2D eigenvalue weighted by Crippen LogP contribution is 2.37. The second-order valence-corrected chi connectivity index (χ2v) is 14.9. The van der Waals surface area contributed by atoms with Crippen LogP contribution < -0.4 is 14.8 Å². The Morgan fingerprint density at radius 1 is 1.05 bits per heavy atom. The highest BCUT2D eigenvalue weighted by Gasteiger charge is 2.44. The Morgan fingerprint density at radius 3 is 2.51 bits per heavy atom. The molecule has 232 valence electrons. The fourth-order valence-corrected chi connectivity index (χ4v) is 7.74. The minimum Gasteiger partial charge on any atom is -0.491 e. The summed E-state index contributed by atoms with van der Waals surface area (Å²) in [4.78, 5) is 4.67. The van der Waals surface area contributed by atoms with E-state index in [0.29, 0.717) is 44.7 Å². The van der Waals surface area contributed by atoms with Gasteiger partial charge >= 0.3 is 0 Å². The van der Waals surface area contributed by atoms with Crippen LogP contribution in [0, 0.1) is 6.92 Å². The van der Waals surface area contributed by atoms with E-state index in [2.05, 4.69) is 15.0 Å². The summed E-state index contributed by atoms with van der Waals surface area (Å²) in [5, 5.41) is 13.8. The summed E-state index contributed by atoms with van der Waals surface area (Å²) in [5.41, 5.74) is 2.16. The highest BCUT2D eigenvalue weighted by molar-refractivity contribution is 7.89. The van der Waals surface area contributed by atoms with Crippen molar-refractivity contribution in [1.29, 1.82) is 0 Å². The second kappa shape index (κ2) is 13.0. The van der Waals surface area contributed by atoms with Crippen molar-refractivity contribution in [3.63, 3.8) is 0 Å². The molecule has 2 aromatic carbocycles. The molecule has 2 unspecified atom stereocenters. The van der Waals surface area contributed by atoms with Gasteiger partial charge in [-0.3, -0.25) is 4.98 Å². The van der Waals surface area contributed by atoms with Gasteiger partial charge in [-0.25, -0.2) is 21.6 Å². The molecule has 0 aliphatic carbocycles. The molecule has 43 heavy (non-hydrogen) atoms. The molecule has 5 rings (SSSR count). The second-order valence-electron chi connectivity index (χ2n) is 11.1. The van der Waals surface area contributed by atoms with Gasteiger partial charge in [0.15, 0.2) is 0 Å². The number of hydrogen-bond donors (Lipinski definition) is 3. The quantitative estimate of drug-likeness (QED) is 0.290. The summed E-state index contributed by atoms with van der Waals surface area (Å²) in [7, 11) is -5.92. The monoisotopic (exact) mass is 630 g/mol. The molecule has 2 fully saturated rings. The number of benzene rings is 2. The van der Waals surface area contributed by atoms with Gasteiger partial charge in [0.25, 0.3) is 0 Å². The molecule has 0 saturated carbocycles. The lowest BCUT2D eigenvalue weighted by Gasteiger charge is -2.38. The number of pyridine rings is 1. The van der Waals surface area contributed by atoms with Crippen molar-refractivity contribution in [1.82, 2.24) is 19.3 Å². The number of aryl methyl sites for hydroxylation is 1. The van der Waals surface area contributed by atoms with Crippen LogP contribution >= 0.6 is 0 Å². The van der Waals surface area contributed by atoms with Crippen molar-refractivity contribution in [3.8, 4) is 16.9 Å². The van der Waals surface area contributed by atoms with E-state index in [0.717, 1.165) is 16.8 Å². The fraction of sp³-hybridized carbons (Fsp3) is 0.433. The van der Waals surface area contributed by atoms with Gasteiger partial charge in [-0.1, -0.05) is 24.3 Å². The zero-order valence-electron chi connectivity index (χ0n) is 24.3. The molecule has 1 aromatic heterocycles. The van der Waals surface area contributed by atoms with E-state index in [1.165, 1.54) is 23.5 Å². The maximum absolute atomic E-state index is 13.5. The Kier molecular flexibility index (Phi) is 9.52. The van der Waals surface area contributed by atoms with Crippen LogP contribution in [0.3, 0.4) is 0 Å². The van der Waals surface area contributed by atoms with Crippen molar-refractivity contribution >= 4 is 20.0 Å². The molecule has 3 aromatic rings. The first kappa shape index (κ1) is 31.5. The molecule has 0 radical (unpaired) electrons. The molecule has 2 aliphatic rings. The van der Waals surface area contributed by atoms with Crippen LogP contribution in [0.2, 0.25) is 0 Å².